The molecular formula is C27H25N3O4S. The second-order valence-corrected chi connectivity index (χ2v) is 9.63. The lowest BCUT2D eigenvalue weighted by Gasteiger charge is -2.18. The molecule has 1 aliphatic carbocycles. The molecule has 1 aromatic heterocycles. The quantitative estimate of drug-likeness (QED) is 0.532. The van der Waals surface area contributed by atoms with Crippen LogP contribution in [0.3, 0.4) is 0 Å². The van der Waals surface area contributed by atoms with E-state index >= 15 is 0 Å². The van der Waals surface area contributed by atoms with Gasteiger partial charge >= 0.3 is 0 Å². The van der Waals surface area contributed by atoms with Gasteiger partial charge in [0.05, 0.1) is 24.9 Å². The Kier molecular flexibility index (Phi) is 6.13. The number of nitrogens with zero attached hydrogens (tertiary/aromatic N) is 1. The van der Waals surface area contributed by atoms with Gasteiger partial charge in [-0.15, -0.1) is 11.3 Å². The molecule has 3 aromatic rings. The van der Waals surface area contributed by atoms with Gasteiger partial charge in [-0.05, 0) is 55.3 Å². The largest absolute Gasteiger partial charge is 0.496 e. The molecule has 2 N–H and O–H groups in total. The van der Waals surface area contributed by atoms with Gasteiger partial charge in [0, 0.05) is 28.6 Å². The molecule has 2 aliphatic rings. The van der Waals surface area contributed by atoms with Crippen molar-refractivity contribution in [1.82, 2.24) is 10.3 Å². The van der Waals surface area contributed by atoms with Gasteiger partial charge in [0.15, 0.2) is 0 Å². The third-order valence-corrected chi connectivity index (χ3v) is 7.06. The van der Waals surface area contributed by atoms with Crippen molar-refractivity contribution < 1.29 is 19.1 Å². The molecule has 0 saturated carbocycles. The summed E-state index contributed by atoms with van der Waals surface area (Å²) in [6, 6.07) is 9.19. The Hall–Kier alpha value is -3.91. The van der Waals surface area contributed by atoms with Crippen LogP contribution in [-0.4, -0.2) is 30.0 Å². The van der Waals surface area contributed by atoms with E-state index in [-0.39, 0.29) is 17.9 Å². The summed E-state index contributed by atoms with van der Waals surface area (Å²) in [7, 11) is 1.67. The molecule has 1 aliphatic heterocycles. The zero-order chi connectivity index (χ0) is 24.5. The molecule has 2 amide bonds. The maximum Gasteiger partial charge on any atom is 0.255 e. The van der Waals surface area contributed by atoms with Crippen LogP contribution in [0.2, 0.25) is 0 Å². The molecule has 8 heteroatoms. The fraction of sp³-hybridized carbons (Fsp3) is 0.222. The number of anilines is 1. The second kappa shape index (κ2) is 9.38. The topological polar surface area (TPSA) is 89.5 Å². The van der Waals surface area contributed by atoms with Crippen molar-refractivity contribution in [3.63, 3.8) is 0 Å². The Morgan fingerprint density at radius 3 is 2.83 bits per heavy atom. The highest BCUT2D eigenvalue weighted by atomic mass is 32.1. The number of aromatic nitrogens is 1. The number of ether oxygens (including phenoxy) is 2. The number of thiazole rings is 1. The molecule has 5 rings (SSSR count). The molecule has 1 atom stereocenters. The number of methoxy groups -OCH3 is 1. The molecule has 7 nitrogen and oxygen atoms in total. The van der Waals surface area contributed by atoms with Crippen molar-refractivity contribution in [3.05, 3.63) is 81.9 Å². The average Bonchev–Trinajstić information content (AvgIpc) is 3.27. The van der Waals surface area contributed by atoms with E-state index in [1.54, 1.807) is 37.6 Å². The van der Waals surface area contributed by atoms with Crippen molar-refractivity contribution in [2.24, 2.45) is 0 Å². The molecule has 2 aromatic carbocycles. The minimum Gasteiger partial charge on any atom is -0.496 e. The van der Waals surface area contributed by atoms with Gasteiger partial charge in [-0.3, -0.25) is 9.59 Å². The number of fused-ring (bicyclic) bond motifs is 2. The molecule has 0 radical (unpaired) electrons. The van der Waals surface area contributed by atoms with Crippen molar-refractivity contribution in [2.45, 2.75) is 32.9 Å². The van der Waals surface area contributed by atoms with E-state index in [0.29, 0.717) is 35.5 Å². The summed E-state index contributed by atoms with van der Waals surface area (Å²) in [6.45, 7) is 4.38. The Morgan fingerprint density at radius 1 is 1.26 bits per heavy atom. The molecule has 35 heavy (non-hydrogen) atoms. The number of rotatable bonds is 5. The fourth-order valence-electron chi connectivity index (χ4n) is 4.35. The van der Waals surface area contributed by atoms with Crippen molar-refractivity contribution in [1.29, 1.82) is 0 Å². The summed E-state index contributed by atoms with van der Waals surface area (Å²) in [6.07, 6.45) is 7.68. The number of carbonyl (C=O) groups is 2. The Labute approximate surface area is 207 Å². The zero-order valence-electron chi connectivity index (χ0n) is 19.7. The van der Waals surface area contributed by atoms with Crippen LogP contribution >= 0.6 is 11.3 Å². The van der Waals surface area contributed by atoms with E-state index in [0.717, 1.165) is 32.3 Å². The van der Waals surface area contributed by atoms with Gasteiger partial charge in [0.25, 0.3) is 11.8 Å². The third-order valence-electron chi connectivity index (χ3n) is 6.02. The summed E-state index contributed by atoms with van der Waals surface area (Å²) in [4.78, 5) is 30.9. The molecule has 0 spiro atoms. The number of hydrogen-bond acceptors (Lipinski definition) is 6. The standard InChI is InChI=1S/C27H25N3O4S/c1-15-10-18(11-16(2)24(15)33-3)27-29-14-19(35-27)13-28-25(31)17-8-9-23-21(12-17)30-26(32)20-6-4-5-7-22(20)34-23/h4-6,8-12,14,22H,7,13H2,1-3H3,(H,28,31)(H,30,32). The van der Waals surface area contributed by atoms with Gasteiger partial charge in [0.2, 0.25) is 0 Å². The number of benzene rings is 2. The summed E-state index contributed by atoms with van der Waals surface area (Å²) < 4.78 is 11.5. The molecule has 1 unspecified atom stereocenters. The predicted octanol–water partition coefficient (Wildman–Crippen LogP) is 4.95. The van der Waals surface area contributed by atoms with Gasteiger partial charge in [-0.1, -0.05) is 18.2 Å². The highest BCUT2D eigenvalue weighted by Gasteiger charge is 2.28. The first kappa shape index (κ1) is 22.9. The first-order valence-electron chi connectivity index (χ1n) is 11.3. The number of aryl methyl sites for hydroxylation is 2. The van der Waals surface area contributed by atoms with E-state index in [4.69, 9.17) is 9.47 Å². The van der Waals surface area contributed by atoms with E-state index in [1.807, 2.05) is 26.0 Å². The van der Waals surface area contributed by atoms with Crippen molar-refractivity contribution >= 4 is 28.8 Å². The predicted molar refractivity (Wildman–Crippen MR) is 136 cm³/mol. The van der Waals surface area contributed by atoms with Crippen LogP contribution in [0, 0.1) is 13.8 Å². The fourth-order valence-corrected chi connectivity index (χ4v) is 5.19. The minimum absolute atomic E-state index is 0.211. The van der Waals surface area contributed by atoms with E-state index < -0.39 is 0 Å². The van der Waals surface area contributed by atoms with Crippen LogP contribution in [0.1, 0.15) is 32.8 Å². The van der Waals surface area contributed by atoms with Crippen molar-refractivity contribution in [2.75, 3.05) is 12.4 Å². The van der Waals surface area contributed by atoms with Gasteiger partial charge < -0.3 is 20.1 Å². The average molecular weight is 488 g/mol. The van der Waals surface area contributed by atoms with Crippen LogP contribution in [0.25, 0.3) is 10.6 Å². The maximum absolute atomic E-state index is 12.8. The smallest absolute Gasteiger partial charge is 0.255 e. The number of carbonyl (C=O) groups excluding carboxylic acids is 2. The van der Waals surface area contributed by atoms with Crippen LogP contribution in [-0.2, 0) is 11.3 Å². The van der Waals surface area contributed by atoms with Gasteiger partial charge in [-0.25, -0.2) is 4.98 Å². The molecule has 0 bridgehead atoms. The number of allylic oxidation sites excluding steroid dienone is 2. The van der Waals surface area contributed by atoms with Gasteiger partial charge in [0.1, 0.15) is 22.6 Å². The second-order valence-electron chi connectivity index (χ2n) is 8.52. The SMILES string of the molecule is COc1c(C)cc(-c2ncc(CNC(=O)c3ccc4c(c3)NC(=O)C3=CC=CCC3O4)s2)cc1C. The lowest BCUT2D eigenvalue weighted by Crippen LogP contribution is -2.25. The van der Waals surface area contributed by atoms with Gasteiger partial charge in [-0.2, -0.15) is 0 Å². The summed E-state index contributed by atoms with van der Waals surface area (Å²) in [5, 5.41) is 6.69. The number of hydrogen-bond donors (Lipinski definition) is 2. The molecule has 0 saturated heterocycles. The van der Waals surface area contributed by atoms with E-state index in [1.165, 1.54) is 11.3 Å². The highest BCUT2D eigenvalue weighted by molar-refractivity contribution is 7.15. The molecular weight excluding hydrogens is 462 g/mol. The van der Waals surface area contributed by atoms with Crippen LogP contribution in [0.5, 0.6) is 11.5 Å². The normalized spacial score (nSPS) is 16.3. The summed E-state index contributed by atoms with van der Waals surface area (Å²) >= 11 is 1.54. The lowest BCUT2D eigenvalue weighted by molar-refractivity contribution is -0.113. The zero-order valence-corrected chi connectivity index (χ0v) is 20.5. The van der Waals surface area contributed by atoms with E-state index in [9.17, 15) is 9.59 Å². The summed E-state index contributed by atoms with van der Waals surface area (Å²) in [5.41, 5.74) is 4.64. The molecule has 0 fully saturated rings. The first-order valence-corrected chi connectivity index (χ1v) is 12.1. The number of amides is 2. The Morgan fingerprint density at radius 2 is 2.06 bits per heavy atom. The third kappa shape index (κ3) is 4.57. The Balaban J connectivity index is 1.27. The Bertz CT molecular complexity index is 1370. The summed E-state index contributed by atoms with van der Waals surface area (Å²) in [5.74, 6) is 0.982. The molecule has 178 valence electrons. The van der Waals surface area contributed by atoms with Crippen LogP contribution in [0.15, 0.2) is 60.3 Å². The molecule has 2 heterocycles. The minimum atomic E-state index is -0.320. The lowest BCUT2D eigenvalue weighted by atomic mass is 10.0. The first-order chi connectivity index (χ1) is 16.9. The van der Waals surface area contributed by atoms with E-state index in [2.05, 4.69) is 27.8 Å². The number of nitrogens with one attached hydrogen (secondary N) is 2. The maximum atomic E-state index is 12.8. The van der Waals surface area contributed by atoms with Crippen LogP contribution in [0.4, 0.5) is 5.69 Å². The monoisotopic (exact) mass is 487 g/mol. The van der Waals surface area contributed by atoms with Crippen LogP contribution < -0.4 is 20.1 Å². The highest BCUT2D eigenvalue weighted by Crippen LogP contribution is 2.34. The van der Waals surface area contributed by atoms with Crippen molar-refractivity contribution in [3.8, 4) is 22.1 Å².